The summed E-state index contributed by atoms with van der Waals surface area (Å²) in [5.74, 6) is -0.650. The Morgan fingerprint density at radius 3 is 0.791 bits per heavy atom. The van der Waals surface area contributed by atoms with Crippen molar-refractivity contribution in [3.05, 3.63) is 0 Å². The Balaban J connectivity index is 5.25. The topological polar surface area (TPSA) is 237 Å². The van der Waals surface area contributed by atoms with Gasteiger partial charge in [-0.15, -0.1) is 0 Å². The number of aliphatic hydroxyl groups excluding tert-OH is 1. The molecule has 0 aliphatic carbocycles. The predicted octanol–water partition coefficient (Wildman–Crippen LogP) is 18.8. The number of aliphatic hydroxyl groups is 1. The minimum Gasteiger partial charge on any atom is -0.462 e. The van der Waals surface area contributed by atoms with Gasteiger partial charge in [0, 0.05) is 25.7 Å². The third-order valence-corrected chi connectivity index (χ3v) is 17.4. The standard InChI is InChI=1S/C67H130O17P2/c1-7-9-11-13-15-17-19-24-31-37-43-49-64(69)77-55-62(83-66(71)51-45-39-33-25-20-18-16-14-12-10-8-2)57-81-85(73,74)79-53-61(68)54-80-86(75,76)82-58-63(56-78-65(70)50-44-38-32-28-27-30-36-42-48-60(5)6)84-67(72)52-46-40-34-26-22-21-23-29-35-41-47-59(3)4/h59-63,68H,7-58H2,1-6H3,(H,73,74)(H,75,76)/t61-,62+,63+/m0/s1. The molecule has 510 valence electrons. The van der Waals surface area contributed by atoms with Gasteiger partial charge in [0.2, 0.25) is 0 Å². The molecule has 0 fully saturated rings. The van der Waals surface area contributed by atoms with Gasteiger partial charge in [-0.2, -0.15) is 0 Å². The van der Waals surface area contributed by atoms with Crippen LogP contribution >= 0.6 is 15.6 Å². The van der Waals surface area contributed by atoms with E-state index < -0.39 is 97.5 Å². The van der Waals surface area contributed by atoms with Gasteiger partial charge < -0.3 is 33.8 Å². The van der Waals surface area contributed by atoms with Crippen LogP contribution in [0.15, 0.2) is 0 Å². The quantitative estimate of drug-likeness (QED) is 0.0222. The molecule has 19 heteroatoms. The Morgan fingerprint density at radius 2 is 0.535 bits per heavy atom. The highest BCUT2D eigenvalue weighted by molar-refractivity contribution is 7.47. The molecule has 0 spiro atoms. The maximum Gasteiger partial charge on any atom is 0.472 e. The summed E-state index contributed by atoms with van der Waals surface area (Å²) in [6.45, 7) is 9.47. The molecule has 0 aromatic heterocycles. The first-order chi connectivity index (χ1) is 41.4. The highest BCUT2D eigenvalue weighted by atomic mass is 31.2. The molecule has 0 saturated carbocycles. The van der Waals surface area contributed by atoms with Crippen molar-refractivity contribution in [1.29, 1.82) is 0 Å². The number of carbonyl (C=O) groups is 4. The monoisotopic (exact) mass is 1270 g/mol. The summed E-state index contributed by atoms with van der Waals surface area (Å²) in [5.41, 5.74) is 0. The summed E-state index contributed by atoms with van der Waals surface area (Å²) < 4.78 is 68.1. The third kappa shape index (κ3) is 60.9. The van der Waals surface area contributed by atoms with E-state index in [4.69, 9.17) is 37.0 Å². The number of unbranched alkanes of at least 4 members (excludes halogenated alkanes) is 36. The van der Waals surface area contributed by atoms with Crippen LogP contribution in [0.1, 0.15) is 337 Å². The lowest BCUT2D eigenvalue weighted by Crippen LogP contribution is -2.30. The van der Waals surface area contributed by atoms with E-state index in [1.165, 1.54) is 154 Å². The zero-order valence-electron chi connectivity index (χ0n) is 55.6. The Hall–Kier alpha value is -1.94. The fourth-order valence-corrected chi connectivity index (χ4v) is 11.6. The van der Waals surface area contributed by atoms with Crippen molar-refractivity contribution in [2.45, 2.75) is 355 Å². The molecular weight excluding hydrogens is 1140 g/mol. The molecule has 0 aliphatic heterocycles. The number of hydrogen-bond acceptors (Lipinski definition) is 15. The van der Waals surface area contributed by atoms with Crippen molar-refractivity contribution in [1.82, 2.24) is 0 Å². The lowest BCUT2D eigenvalue weighted by molar-refractivity contribution is -0.161. The summed E-state index contributed by atoms with van der Waals surface area (Å²) >= 11 is 0. The van der Waals surface area contributed by atoms with E-state index in [1.54, 1.807) is 0 Å². The number of phosphoric ester groups is 2. The molecular formula is C67H130O17P2. The maximum atomic E-state index is 13.0. The van der Waals surface area contributed by atoms with Crippen molar-refractivity contribution in [3.63, 3.8) is 0 Å². The molecule has 0 aromatic rings. The second-order valence-corrected chi connectivity index (χ2v) is 28.1. The molecule has 3 N–H and O–H groups in total. The van der Waals surface area contributed by atoms with Crippen LogP contribution in [0, 0.1) is 11.8 Å². The largest absolute Gasteiger partial charge is 0.472 e. The van der Waals surface area contributed by atoms with Crippen LogP contribution in [-0.4, -0.2) is 96.7 Å². The van der Waals surface area contributed by atoms with E-state index in [1.807, 2.05) is 0 Å². The zero-order valence-corrected chi connectivity index (χ0v) is 57.4. The molecule has 0 bridgehead atoms. The average molecular weight is 1270 g/mol. The van der Waals surface area contributed by atoms with Gasteiger partial charge in [0.05, 0.1) is 26.4 Å². The van der Waals surface area contributed by atoms with Gasteiger partial charge in [-0.3, -0.25) is 37.3 Å². The molecule has 0 rings (SSSR count). The van der Waals surface area contributed by atoms with E-state index in [0.29, 0.717) is 25.7 Å². The molecule has 2 unspecified atom stereocenters. The predicted molar refractivity (Wildman–Crippen MR) is 345 cm³/mol. The molecule has 86 heavy (non-hydrogen) atoms. The van der Waals surface area contributed by atoms with E-state index in [9.17, 15) is 43.2 Å². The van der Waals surface area contributed by atoms with Crippen molar-refractivity contribution in [2.75, 3.05) is 39.6 Å². The molecule has 0 aromatic carbocycles. The Kier molecular flexibility index (Phi) is 58.0. The van der Waals surface area contributed by atoms with Crippen LogP contribution in [0.4, 0.5) is 0 Å². The number of esters is 4. The lowest BCUT2D eigenvalue weighted by atomic mass is 10.0. The van der Waals surface area contributed by atoms with Gasteiger partial charge in [-0.05, 0) is 37.5 Å². The fraction of sp³-hybridized carbons (Fsp3) is 0.940. The lowest BCUT2D eigenvalue weighted by Gasteiger charge is -2.21. The summed E-state index contributed by atoms with van der Waals surface area (Å²) in [5, 5.41) is 10.6. The Morgan fingerprint density at radius 1 is 0.314 bits per heavy atom. The van der Waals surface area contributed by atoms with Crippen LogP contribution < -0.4 is 0 Å². The summed E-state index contributed by atoms with van der Waals surface area (Å²) in [6, 6.07) is 0. The van der Waals surface area contributed by atoms with E-state index >= 15 is 0 Å². The van der Waals surface area contributed by atoms with E-state index in [-0.39, 0.29) is 25.7 Å². The number of rotatable bonds is 66. The first kappa shape index (κ1) is 84.1. The van der Waals surface area contributed by atoms with E-state index in [2.05, 4.69) is 41.5 Å². The molecule has 5 atom stereocenters. The molecule has 0 amide bonds. The van der Waals surface area contributed by atoms with E-state index in [0.717, 1.165) is 102 Å². The van der Waals surface area contributed by atoms with Gasteiger partial charge in [-0.25, -0.2) is 9.13 Å². The highest BCUT2D eigenvalue weighted by Crippen LogP contribution is 2.45. The number of phosphoric acid groups is 2. The first-order valence-corrected chi connectivity index (χ1v) is 38.0. The van der Waals surface area contributed by atoms with Crippen LogP contribution in [0.25, 0.3) is 0 Å². The summed E-state index contributed by atoms with van der Waals surface area (Å²) in [6.07, 6.45) is 42.9. The van der Waals surface area contributed by atoms with Crippen LogP contribution in [-0.2, 0) is 65.4 Å². The fourth-order valence-electron chi connectivity index (χ4n) is 10.1. The molecule has 0 radical (unpaired) electrons. The first-order valence-electron chi connectivity index (χ1n) is 35.0. The third-order valence-electron chi connectivity index (χ3n) is 15.5. The van der Waals surface area contributed by atoms with Gasteiger partial charge in [0.25, 0.3) is 0 Å². The normalized spacial score (nSPS) is 14.2. The second kappa shape index (κ2) is 59.4. The minimum atomic E-state index is -4.95. The number of ether oxygens (including phenoxy) is 4. The SMILES string of the molecule is CCCCCCCCCCCCCC(=O)OC[C@H](COP(=O)(O)OC[C@H](O)COP(=O)(O)OC[C@@H](COC(=O)CCCCCCCCCCC(C)C)OC(=O)CCCCCCCCCCCCC(C)C)OC(=O)CCCCCCCCCCCCC. The van der Waals surface area contributed by atoms with Crippen molar-refractivity contribution >= 4 is 39.5 Å². The second-order valence-electron chi connectivity index (χ2n) is 25.2. The molecule has 0 aliphatic rings. The average Bonchev–Trinajstić information content (AvgIpc) is 3.53. The zero-order chi connectivity index (χ0) is 63.6. The van der Waals surface area contributed by atoms with Crippen molar-refractivity contribution < 1.29 is 80.2 Å². The maximum absolute atomic E-state index is 13.0. The summed E-state index contributed by atoms with van der Waals surface area (Å²) in [7, 11) is -9.89. The molecule has 0 saturated heterocycles. The number of hydrogen-bond donors (Lipinski definition) is 3. The minimum absolute atomic E-state index is 0.105. The molecule has 17 nitrogen and oxygen atoms in total. The smallest absolute Gasteiger partial charge is 0.462 e. The van der Waals surface area contributed by atoms with Gasteiger partial charge in [0.1, 0.15) is 19.3 Å². The van der Waals surface area contributed by atoms with Crippen LogP contribution in [0.5, 0.6) is 0 Å². The molecule has 0 heterocycles. The van der Waals surface area contributed by atoms with Crippen molar-refractivity contribution in [3.8, 4) is 0 Å². The highest BCUT2D eigenvalue weighted by Gasteiger charge is 2.30. The Labute approximate surface area is 524 Å². The van der Waals surface area contributed by atoms with Gasteiger partial charge in [0.15, 0.2) is 12.2 Å². The van der Waals surface area contributed by atoms with Crippen LogP contribution in [0.2, 0.25) is 0 Å². The van der Waals surface area contributed by atoms with Crippen LogP contribution in [0.3, 0.4) is 0 Å². The Bertz CT molecular complexity index is 1680. The van der Waals surface area contributed by atoms with Gasteiger partial charge >= 0.3 is 39.5 Å². The summed E-state index contributed by atoms with van der Waals surface area (Å²) in [4.78, 5) is 72.4. The van der Waals surface area contributed by atoms with Gasteiger partial charge in [-0.1, -0.05) is 286 Å². The van der Waals surface area contributed by atoms with Crippen molar-refractivity contribution in [2.24, 2.45) is 11.8 Å². The number of carbonyl (C=O) groups excluding carboxylic acids is 4.